The number of hydrogen-bond acceptors (Lipinski definition) is 4. The van der Waals surface area contributed by atoms with Gasteiger partial charge in [-0.25, -0.2) is 4.39 Å². The van der Waals surface area contributed by atoms with Crippen LogP contribution in [0.2, 0.25) is 0 Å². The summed E-state index contributed by atoms with van der Waals surface area (Å²) in [6, 6.07) is 5.14. The Bertz CT molecular complexity index is 1040. The lowest BCUT2D eigenvalue weighted by Crippen LogP contribution is -2.19. The maximum atomic E-state index is 14.3. The van der Waals surface area contributed by atoms with E-state index >= 15 is 0 Å². The van der Waals surface area contributed by atoms with Gasteiger partial charge in [0.2, 0.25) is 5.95 Å². The van der Waals surface area contributed by atoms with Gasteiger partial charge in [-0.1, -0.05) is 12.1 Å². The molecule has 0 aliphatic rings. The molecule has 0 radical (unpaired) electrons. The molecule has 9 heteroatoms. The molecule has 0 unspecified atom stereocenters. The number of halogens is 4. The molecule has 136 valence electrons. The molecule has 2 aromatic heterocycles. The standard InChI is InChI=1S/C17H13F4N3O2/c1-2-22-16-23-15(26)13(10-4-3-5-12(25)14(10)18)11-8-9(17(19,20)21)6-7-24(11)16/h3-8,25H,2H2,1H3,(H,22,23,26). The Hall–Kier alpha value is -3.10. The summed E-state index contributed by atoms with van der Waals surface area (Å²) in [5.41, 5.74) is -2.79. The van der Waals surface area contributed by atoms with Crippen molar-refractivity contribution in [3.63, 3.8) is 0 Å². The Balaban J connectivity index is 2.45. The molecule has 0 bridgehead atoms. The van der Waals surface area contributed by atoms with E-state index in [2.05, 4.69) is 10.3 Å². The third-order valence-corrected chi connectivity index (χ3v) is 3.77. The normalized spacial score (nSPS) is 11.7. The average Bonchev–Trinajstić information content (AvgIpc) is 2.57. The minimum atomic E-state index is -4.64. The van der Waals surface area contributed by atoms with Gasteiger partial charge in [0.15, 0.2) is 11.6 Å². The molecule has 3 rings (SSSR count). The first-order valence-electron chi connectivity index (χ1n) is 7.59. The number of aromatic hydroxyl groups is 1. The summed E-state index contributed by atoms with van der Waals surface area (Å²) in [5, 5.41) is 12.3. The molecule has 5 nitrogen and oxygen atoms in total. The fourth-order valence-corrected chi connectivity index (χ4v) is 2.62. The molecule has 0 atom stereocenters. The van der Waals surface area contributed by atoms with Gasteiger partial charge in [0.25, 0.3) is 5.56 Å². The van der Waals surface area contributed by atoms with E-state index in [4.69, 9.17) is 0 Å². The summed E-state index contributed by atoms with van der Waals surface area (Å²) in [5.74, 6) is -1.80. The van der Waals surface area contributed by atoms with E-state index in [1.807, 2.05) is 0 Å². The van der Waals surface area contributed by atoms with Crippen molar-refractivity contribution in [3.8, 4) is 16.9 Å². The fraction of sp³-hybridized carbons (Fsp3) is 0.176. The number of phenolic OH excluding ortho intramolecular Hbond substituents is 1. The second kappa shape index (κ2) is 6.32. The fourth-order valence-electron chi connectivity index (χ4n) is 2.62. The number of pyridine rings is 1. The van der Waals surface area contributed by atoms with Crippen molar-refractivity contribution >= 4 is 11.5 Å². The highest BCUT2D eigenvalue weighted by Gasteiger charge is 2.31. The van der Waals surface area contributed by atoms with Crippen LogP contribution in [0.4, 0.5) is 23.5 Å². The van der Waals surface area contributed by atoms with Crippen molar-refractivity contribution < 1.29 is 22.7 Å². The van der Waals surface area contributed by atoms with Crippen molar-refractivity contribution in [2.24, 2.45) is 0 Å². The molecule has 0 spiro atoms. The number of hydrogen-bond donors (Lipinski definition) is 2. The summed E-state index contributed by atoms with van der Waals surface area (Å²) in [6.45, 7) is 2.10. The van der Waals surface area contributed by atoms with Crippen molar-refractivity contribution in [2.45, 2.75) is 13.1 Å². The van der Waals surface area contributed by atoms with Gasteiger partial charge in [-0.2, -0.15) is 18.2 Å². The van der Waals surface area contributed by atoms with Crippen LogP contribution in [0.25, 0.3) is 16.6 Å². The number of phenols is 1. The van der Waals surface area contributed by atoms with Crippen LogP contribution in [-0.4, -0.2) is 21.0 Å². The zero-order valence-electron chi connectivity index (χ0n) is 13.4. The summed E-state index contributed by atoms with van der Waals surface area (Å²) < 4.78 is 54.9. The van der Waals surface area contributed by atoms with Crippen LogP contribution in [-0.2, 0) is 6.18 Å². The minimum Gasteiger partial charge on any atom is -0.505 e. The molecule has 1 aromatic carbocycles. The highest BCUT2D eigenvalue weighted by molar-refractivity contribution is 5.82. The van der Waals surface area contributed by atoms with E-state index < -0.39 is 28.9 Å². The average molecular weight is 367 g/mol. The number of alkyl halides is 3. The van der Waals surface area contributed by atoms with Crippen LogP contribution in [0, 0.1) is 5.82 Å². The van der Waals surface area contributed by atoms with Gasteiger partial charge in [0.1, 0.15) is 0 Å². The Labute approximate surface area is 144 Å². The highest BCUT2D eigenvalue weighted by Crippen LogP contribution is 2.34. The Morgan fingerprint density at radius 1 is 1.27 bits per heavy atom. The van der Waals surface area contributed by atoms with E-state index in [0.29, 0.717) is 6.54 Å². The molecule has 2 N–H and O–H groups in total. The molecule has 26 heavy (non-hydrogen) atoms. The number of fused-ring (bicyclic) bond motifs is 1. The molecule has 0 aliphatic carbocycles. The van der Waals surface area contributed by atoms with Crippen molar-refractivity contribution in [1.82, 2.24) is 9.38 Å². The van der Waals surface area contributed by atoms with Gasteiger partial charge >= 0.3 is 6.18 Å². The number of benzene rings is 1. The van der Waals surface area contributed by atoms with Crippen LogP contribution >= 0.6 is 0 Å². The quantitative estimate of drug-likeness (QED) is 0.694. The minimum absolute atomic E-state index is 0.0329. The number of nitrogens with zero attached hydrogens (tertiary/aromatic N) is 2. The zero-order valence-corrected chi connectivity index (χ0v) is 13.4. The Morgan fingerprint density at radius 2 is 2.00 bits per heavy atom. The first-order valence-corrected chi connectivity index (χ1v) is 7.59. The molecule has 0 aliphatic heterocycles. The molecule has 2 heterocycles. The molecule has 0 fully saturated rings. The van der Waals surface area contributed by atoms with Gasteiger partial charge < -0.3 is 10.4 Å². The number of aromatic nitrogens is 2. The van der Waals surface area contributed by atoms with E-state index in [-0.39, 0.29) is 22.6 Å². The van der Waals surface area contributed by atoms with E-state index in [1.54, 1.807) is 6.92 Å². The second-order valence-corrected chi connectivity index (χ2v) is 5.45. The molecule has 0 saturated carbocycles. The SMILES string of the molecule is CCNc1nc(=O)c(-c2cccc(O)c2F)c2cc(C(F)(F)F)ccn12. The molecular formula is C17H13F4N3O2. The monoisotopic (exact) mass is 367 g/mol. The lowest BCUT2D eigenvalue weighted by Gasteiger charge is -2.15. The van der Waals surface area contributed by atoms with Crippen LogP contribution in [0.1, 0.15) is 12.5 Å². The lowest BCUT2D eigenvalue weighted by molar-refractivity contribution is -0.137. The predicted molar refractivity (Wildman–Crippen MR) is 87.7 cm³/mol. The maximum absolute atomic E-state index is 14.3. The summed E-state index contributed by atoms with van der Waals surface area (Å²) >= 11 is 0. The topological polar surface area (TPSA) is 66.6 Å². The van der Waals surface area contributed by atoms with Crippen LogP contribution in [0.3, 0.4) is 0 Å². The van der Waals surface area contributed by atoms with Crippen molar-refractivity contribution in [2.75, 3.05) is 11.9 Å². The summed E-state index contributed by atoms with van der Waals surface area (Å²) in [7, 11) is 0. The first kappa shape index (κ1) is 17.7. The van der Waals surface area contributed by atoms with Gasteiger partial charge in [-0.05, 0) is 25.1 Å². The number of rotatable bonds is 3. The van der Waals surface area contributed by atoms with E-state index in [1.165, 1.54) is 16.5 Å². The first-order chi connectivity index (χ1) is 12.2. The van der Waals surface area contributed by atoms with Crippen LogP contribution < -0.4 is 10.9 Å². The van der Waals surface area contributed by atoms with Crippen LogP contribution in [0.5, 0.6) is 5.75 Å². The molecular weight excluding hydrogens is 354 g/mol. The smallest absolute Gasteiger partial charge is 0.416 e. The largest absolute Gasteiger partial charge is 0.505 e. The van der Waals surface area contributed by atoms with E-state index in [9.17, 15) is 27.5 Å². The third-order valence-electron chi connectivity index (χ3n) is 3.77. The number of nitrogens with one attached hydrogen (secondary N) is 1. The number of anilines is 1. The molecule has 3 aromatic rings. The third kappa shape index (κ3) is 2.96. The van der Waals surface area contributed by atoms with Crippen molar-refractivity contribution in [1.29, 1.82) is 0 Å². The van der Waals surface area contributed by atoms with E-state index in [0.717, 1.165) is 24.4 Å². The van der Waals surface area contributed by atoms with Crippen molar-refractivity contribution in [3.05, 3.63) is 58.3 Å². The predicted octanol–water partition coefficient (Wildman–Crippen LogP) is 3.66. The highest BCUT2D eigenvalue weighted by atomic mass is 19.4. The molecule has 0 amide bonds. The Morgan fingerprint density at radius 3 is 2.65 bits per heavy atom. The Kier molecular flexibility index (Phi) is 4.31. The van der Waals surface area contributed by atoms with Gasteiger partial charge in [-0.3, -0.25) is 9.20 Å². The summed E-state index contributed by atoms with van der Waals surface area (Å²) in [6.07, 6.45) is -3.54. The summed E-state index contributed by atoms with van der Waals surface area (Å²) in [4.78, 5) is 16.3. The van der Waals surface area contributed by atoms with Gasteiger partial charge in [-0.15, -0.1) is 0 Å². The lowest BCUT2D eigenvalue weighted by atomic mass is 10.0. The maximum Gasteiger partial charge on any atom is 0.416 e. The second-order valence-electron chi connectivity index (χ2n) is 5.45. The van der Waals surface area contributed by atoms with Crippen LogP contribution in [0.15, 0.2) is 41.3 Å². The zero-order chi connectivity index (χ0) is 19.1. The van der Waals surface area contributed by atoms with Gasteiger partial charge in [0, 0.05) is 18.3 Å². The van der Waals surface area contributed by atoms with Gasteiger partial charge in [0.05, 0.1) is 16.6 Å². The molecule has 0 saturated heterocycles.